The summed E-state index contributed by atoms with van der Waals surface area (Å²) < 4.78 is 6.84. The van der Waals surface area contributed by atoms with Crippen molar-refractivity contribution >= 4 is 40.2 Å². The van der Waals surface area contributed by atoms with Crippen molar-refractivity contribution < 1.29 is 9.53 Å². The Labute approximate surface area is 188 Å². The molecule has 2 aromatic heterocycles. The Morgan fingerprint density at radius 3 is 2.87 bits per heavy atom. The van der Waals surface area contributed by atoms with E-state index in [1.807, 2.05) is 43.5 Å². The summed E-state index contributed by atoms with van der Waals surface area (Å²) in [6.45, 7) is 2.36. The standard InChI is InChI=1S/C21H21ClN6O2S/c1-13(31-21-25-26-27-28(21)16-5-3-15(22)4-6-16)20(29)23-10-9-14-12-24-19-11-17(30-2)7-8-18(14)19/h3-8,11-13,24H,9-10H2,1-2H3,(H,23,29). The normalized spacial score (nSPS) is 12.1. The minimum atomic E-state index is -0.357. The zero-order valence-electron chi connectivity index (χ0n) is 17.0. The molecule has 8 nitrogen and oxygen atoms in total. The van der Waals surface area contributed by atoms with Gasteiger partial charge in [-0.1, -0.05) is 23.4 Å². The van der Waals surface area contributed by atoms with Crippen LogP contribution in [0.2, 0.25) is 5.02 Å². The highest BCUT2D eigenvalue weighted by atomic mass is 35.5. The number of aromatic amines is 1. The lowest BCUT2D eigenvalue weighted by Crippen LogP contribution is -2.32. The number of rotatable bonds is 8. The number of tetrazole rings is 1. The second kappa shape index (κ2) is 9.40. The van der Waals surface area contributed by atoms with E-state index in [9.17, 15) is 4.79 Å². The Bertz CT molecular complexity index is 1190. The van der Waals surface area contributed by atoms with Crippen LogP contribution in [0.4, 0.5) is 0 Å². The fourth-order valence-corrected chi connectivity index (χ4v) is 4.13. The summed E-state index contributed by atoms with van der Waals surface area (Å²) in [5, 5.41) is 16.7. The summed E-state index contributed by atoms with van der Waals surface area (Å²) in [4.78, 5) is 15.8. The molecule has 0 spiro atoms. The third-order valence-corrected chi connectivity index (χ3v) is 6.12. The van der Waals surface area contributed by atoms with E-state index in [2.05, 4.69) is 25.8 Å². The number of benzene rings is 2. The molecule has 0 fully saturated rings. The van der Waals surface area contributed by atoms with Gasteiger partial charge in [0.2, 0.25) is 11.1 Å². The number of nitrogens with one attached hydrogen (secondary N) is 2. The number of carbonyl (C=O) groups is 1. The van der Waals surface area contributed by atoms with Crippen LogP contribution < -0.4 is 10.1 Å². The van der Waals surface area contributed by atoms with Gasteiger partial charge in [0.1, 0.15) is 5.75 Å². The first-order valence-corrected chi connectivity index (χ1v) is 10.9. The maximum atomic E-state index is 12.6. The summed E-state index contributed by atoms with van der Waals surface area (Å²) in [6.07, 6.45) is 2.69. The number of thioether (sulfide) groups is 1. The molecule has 0 saturated heterocycles. The van der Waals surface area contributed by atoms with Crippen LogP contribution in [0.15, 0.2) is 53.8 Å². The summed E-state index contributed by atoms with van der Waals surface area (Å²) in [5.74, 6) is 0.734. The fourth-order valence-electron chi connectivity index (χ4n) is 3.17. The van der Waals surface area contributed by atoms with E-state index >= 15 is 0 Å². The lowest BCUT2D eigenvalue weighted by molar-refractivity contribution is -0.120. The van der Waals surface area contributed by atoms with E-state index in [1.54, 1.807) is 23.9 Å². The van der Waals surface area contributed by atoms with Crippen molar-refractivity contribution in [2.45, 2.75) is 23.8 Å². The minimum absolute atomic E-state index is 0.0721. The van der Waals surface area contributed by atoms with Gasteiger partial charge >= 0.3 is 0 Å². The fraction of sp³-hybridized carbons (Fsp3) is 0.238. The highest BCUT2D eigenvalue weighted by molar-refractivity contribution is 8.00. The average Bonchev–Trinajstić information content (AvgIpc) is 3.40. The van der Waals surface area contributed by atoms with E-state index in [0.717, 1.165) is 34.3 Å². The highest BCUT2D eigenvalue weighted by Crippen LogP contribution is 2.25. The van der Waals surface area contributed by atoms with Crippen LogP contribution in [0.3, 0.4) is 0 Å². The lowest BCUT2D eigenvalue weighted by atomic mass is 10.1. The number of H-pyrrole nitrogens is 1. The predicted molar refractivity (Wildman–Crippen MR) is 121 cm³/mol. The number of hydrogen-bond acceptors (Lipinski definition) is 6. The molecule has 4 aromatic rings. The van der Waals surface area contributed by atoms with Gasteiger partial charge in [-0.15, -0.1) is 5.10 Å². The highest BCUT2D eigenvalue weighted by Gasteiger charge is 2.19. The quantitative estimate of drug-likeness (QED) is 0.393. The number of aromatic nitrogens is 5. The van der Waals surface area contributed by atoms with Gasteiger partial charge in [0.05, 0.1) is 18.0 Å². The molecule has 0 radical (unpaired) electrons. The van der Waals surface area contributed by atoms with E-state index in [-0.39, 0.29) is 11.2 Å². The summed E-state index contributed by atoms with van der Waals surface area (Å²) >= 11 is 7.24. The summed E-state index contributed by atoms with van der Waals surface area (Å²) in [6, 6.07) is 13.1. The van der Waals surface area contributed by atoms with Gasteiger partial charge in [-0.3, -0.25) is 4.79 Å². The second-order valence-corrected chi connectivity index (χ2v) is 8.62. The number of carbonyl (C=O) groups excluding carboxylic acids is 1. The minimum Gasteiger partial charge on any atom is -0.497 e. The van der Waals surface area contributed by atoms with E-state index in [0.29, 0.717) is 16.7 Å². The number of methoxy groups -OCH3 is 1. The van der Waals surface area contributed by atoms with Gasteiger partial charge in [-0.25, -0.2) is 0 Å². The van der Waals surface area contributed by atoms with Crippen LogP contribution in [0.5, 0.6) is 5.75 Å². The topological polar surface area (TPSA) is 97.7 Å². The SMILES string of the molecule is COc1ccc2c(CCNC(=O)C(C)Sc3nnnn3-c3ccc(Cl)cc3)c[nH]c2c1. The Kier molecular flexibility index (Phi) is 6.43. The van der Waals surface area contributed by atoms with Crippen molar-refractivity contribution in [3.05, 3.63) is 59.2 Å². The van der Waals surface area contributed by atoms with Crippen LogP contribution in [-0.2, 0) is 11.2 Å². The predicted octanol–water partition coefficient (Wildman–Crippen LogP) is 3.65. The zero-order chi connectivity index (χ0) is 21.8. The molecule has 1 atom stereocenters. The van der Waals surface area contributed by atoms with Gasteiger partial charge in [-0.05, 0) is 65.7 Å². The molecule has 1 amide bonds. The molecule has 0 bridgehead atoms. The van der Waals surface area contributed by atoms with Gasteiger partial charge in [-0.2, -0.15) is 4.68 Å². The molecule has 2 heterocycles. The number of amides is 1. The molecule has 10 heteroatoms. The van der Waals surface area contributed by atoms with Crippen molar-refractivity contribution in [2.24, 2.45) is 0 Å². The van der Waals surface area contributed by atoms with Crippen LogP contribution in [0.25, 0.3) is 16.6 Å². The van der Waals surface area contributed by atoms with Crippen LogP contribution in [-0.4, -0.2) is 50.0 Å². The van der Waals surface area contributed by atoms with Crippen molar-refractivity contribution in [2.75, 3.05) is 13.7 Å². The zero-order valence-corrected chi connectivity index (χ0v) is 18.6. The molecule has 0 aliphatic carbocycles. The van der Waals surface area contributed by atoms with Gasteiger partial charge in [0, 0.05) is 34.7 Å². The third kappa shape index (κ3) is 4.83. The van der Waals surface area contributed by atoms with Crippen molar-refractivity contribution in [1.29, 1.82) is 0 Å². The van der Waals surface area contributed by atoms with Crippen LogP contribution in [0, 0.1) is 0 Å². The van der Waals surface area contributed by atoms with E-state index < -0.39 is 0 Å². The third-order valence-electron chi connectivity index (χ3n) is 4.83. The number of halogens is 1. The first-order chi connectivity index (χ1) is 15.0. The number of hydrogen-bond donors (Lipinski definition) is 2. The maximum absolute atomic E-state index is 12.6. The molecule has 2 N–H and O–H groups in total. The maximum Gasteiger partial charge on any atom is 0.233 e. The molecule has 2 aromatic carbocycles. The Morgan fingerprint density at radius 2 is 2.10 bits per heavy atom. The molecule has 0 aliphatic rings. The Hall–Kier alpha value is -3.04. The molecule has 4 rings (SSSR count). The van der Waals surface area contributed by atoms with Gasteiger partial charge in [0.25, 0.3) is 0 Å². The second-order valence-electron chi connectivity index (χ2n) is 6.88. The number of fused-ring (bicyclic) bond motifs is 1. The molecular formula is C21H21ClN6O2S. The average molecular weight is 457 g/mol. The first kappa shape index (κ1) is 21.2. The Balaban J connectivity index is 1.34. The molecule has 0 saturated carbocycles. The van der Waals surface area contributed by atoms with Crippen molar-refractivity contribution in [3.63, 3.8) is 0 Å². The molecule has 160 valence electrons. The van der Waals surface area contributed by atoms with Gasteiger partial charge < -0.3 is 15.0 Å². The smallest absolute Gasteiger partial charge is 0.233 e. The molecule has 1 unspecified atom stereocenters. The largest absolute Gasteiger partial charge is 0.497 e. The lowest BCUT2D eigenvalue weighted by Gasteiger charge is -2.11. The van der Waals surface area contributed by atoms with Crippen molar-refractivity contribution in [1.82, 2.24) is 30.5 Å². The van der Waals surface area contributed by atoms with E-state index in [1.165, 1.54) is 11.8 Å². The summed E-state index contributed by atoms with van der Waals surface area (Å²) in [7, 11) is 1.65. The van der Waals surface area contributed by atoms with E-state index in [4.69, 9.17) is 16.3 Å². The molecular weight excluding hydrogens is 436 g/mol. The monoisotopic (exact) mass is 456 g/mol. The Morgan fingerprint density at radius 1 is 1.29 bits per heavy atom. The van der Waals surface area contributed by atoms with Crippen LogP contribution in [0.1, 0.15) is 12.5 Å². The van der Waals surface area contributed by atoms with Crippen molar-refractivity contribution in [3.8, 4) is 11.4 Å². The first-order valence-electron chi connectivity index (χ1n) is 9.68. The van der Waals surface area contributed by atoms with Crippen LogP contribution >= 0.6 is 23.4 Å². The van der Waals surface area contributed by atoms with Gasteiger partial charge in [0.15, 0.2) is 0 Å². The number of nitrogens with zero attached hydrogens (tertiary/aromatic N) is 4. The summed E-state index contributed by atoms with van der Waals surface area (Å²) in [5.41, 5.74) is 2.93. The number of ether oxygens (including phenoxy) is 1. The molecule has 0 aliphatic heterocycles. The molecule has 31 heavy (non-hydrogen) atoms.